The number of halogens is 2. The van der Waals surface area contributed by atoms with Crippen molar-refractivity contribution in [3.63, 3.8) is 0 Å². The van der Waals surface area contributed by atoms with Crippen molar-refractivity contribution in [1.29, 1.82) is 0 Å². The van der Waals surface area contributed by atoms with Crippen LogP contribution < -0.4 is 15.4 Å². The van der Waals surface area contributed by atoms with Gasteiger partial charge < -0.3 is 10.6 Å². The van der Waals surface area contributed by atoms with E-state index in [0.717, 1.165) is 62.1 Å². The van der Waals surface area contributed by atoms with Crippen molar-refractivity contribution in [3.8, 4) is 0 Å². The molecular weight excluding hydrogens is 507 g/mol. The fourth-order valence-electron chi connectivity index (χ4n) is 4.55. The van der Waals surface area contributed by atoms with Crippen molar-refractivity contribution < 1.29 is 12.8 Å². The Labute approximate surface area is 215 Å². The first-order chi connectivity index (χ1) is 16.9. The molecule has 35 heavy (non-hydrogen) atoms. The molecule has 1 aromatic heterocycles. The highest BCUT2D eigenvalue weighted by Gasteiger charge is 2.27. The number of rotatable bonds is 12. The second-order valence-electron chi connectivity index (χ2n) is 8.70. The number of anilines is 2. The van der Waals surface area contributed by atoms with Crippen LogP contribution in [0.1, 0.15) is 50.0 Å². The Balaban J connectivity index is 1.19. The molecule has 1 aliphatic heterocycles. The molecule has 0 amide bonds. The first kappa shape index (κ1) is 25.9. The molecule has 0 bridgehead atoms. The van der Waals surface area contributed by atoms with Crippen LogP contribution in [0.4, 0.5) is 15.2 Å². The van der Waals surface area contributed by atoms with Crippen LogP contribution in [0, 0.1) is 5.82 Å². The van der Waals surface area contributed by atoms with E-state index >= 15 is 0 Å². The van der Waals surface area contributed by atoms with Crippen LogP contribution in [0.5, 0.6) is 0 Å². The lowest BCUT2D eigenvalue weighted by atomic mass is 9.89. The molecular formula is C25H30ClFN4O2S2. The van der Waals surface area contributed by atoms with Gasteiger partial charge >= 0.3 is 0 Å². The number of thiazole rings is 1. The maximum Gasteiger partial charge on any atom is 0.266 e. The summed E-state index contributed by atoms with van der Waals surface area (Å²) >= 11 is 7.36. The average Bonchev–Trinajstić information content (AvgIpc) is 3.52. The van der Waals surface area contributed by atoms with E-state index < -0.39 is 20.7 Å². The molecule has 4 rings (SSSR count). The van der Waals surface area contributed by atoms with E-state index in [1.54, 1.807) is 5.38 Å². The molecule has 0 saturated carbocycles. The van der Waals surface area contributed by atoms with Gasteiger partial charge in [0.05, 0.1) is 10.7 Å². The van der Waals surface area contributed by atoms with Gasteiger partial charge in [0, 0.05) is 30.1 Å². The third kappa shape index (κ3) is 6.94. The summed E-state index contributed by atoms with van der Waals surface area (Å²) in [5.41, 5.74) is 1.81. The van der Waals surface area contributed by atoms with E-state index in [0.29, 0.717) is 24.2 Å². The lowest BCUT2D eigenvalue weighted by Crippen LogP contribution is -2.25. The Morgan fingerprint density at radius 3 is 2.71 bits per heavy atom. The minimum absolute atomic E-state index is 0.158. The highest BCUT2D eigenvalue weighted by atomic mass is 35.5. The van der Waals surface area contributed by atoms with Crippen LogP contribution >= 0.6 is 22.9 Å². The summed E-state index contributed by atoms with van der Waals surface area (Å²) < 4.78 is 41.8. The first-order valence-corrected chi connectivity index (χ1v) is 14.6. The highest BCUT2D eigenvalue weighted by Crippen LogP contribution is 2.31. The number of unbranched alkanes of at least 4 members (excludes halogenated alkanes) is 3. The van der Waals surface area contributed by atoms with Gasteiger partial charge in [0.15, 0.2) is 5.13 Å². The SMILES string of the molecule is O=S(=O)(Nc1nccs1)c1cc(Cl)c(NCCCCCC[C@H]2NCC[C@@H]2c2ccccc2)cc1F. The minimum Gasteiger partial charge on any atom is -0.384 e. The molecule has 2 heterocycles. The van der Waals surface area contributed by atoms with Gasteiger partial charge in [-0.3, -0.25) is 4.72 Å². The van der Waals surface area contributed by atoms with Crippen LogP contribution in [0.2, 0.25) is 5.02 Å². The summed E-state index contributed by atoms with van der Waals surface area (Å²) in [6, 6.07) is 13.5. The molecule has 6 nitrogen and oxygen atoms in total. The van der Waals surface area contributed by atoms with E-state index in [9.17, 15) is 12.8 Å². The smallest absolute Gasteiger partial charge is 0.266 e. The Morgan fingerprint density at radius 2 is 1.94 bits per heavy atom. The monoisotopic (exact) mass is 536 g/mol. The summed E-state index contributed by atoms with van der Waals surface area (Å²) in [6.07, 6.45) is 8.08. The van der Waals surface area contributed by atoms with Crippen molar-refractivity contribution in [2.75, 3.05) is 23.1 Å². The summed E-state index contributed by atoms with van der Waals surface area (Å²) in [5, 5.41) is 8.74. The van der Waals surface area contributed by atoms with E-state index in [1.807, 2.05) is 0 Å². The molecule has 0 unspecified atom stereocenters. The zero-order valence-electron chi connectivity index (χ0n) is 19.3. The Hall–Kier alpha value is -2.20. The van der Waals surface area contributed by atoms with E-state index in [4.69, 9.17) is 11.6 Å². The van der Waals surface area contributed by atoms with Crippen LogP contribution in [-0.4, -0.2) is 32.5 Å². The molecule has 10 heteroatoms. The van der Waals surface area contributed by atoms with Crippen molar-refractivity contribution in [2.24, 2.45) is 0 Å². The topological polar surface area (TPSA) is 83.1 Å². The van der Waals surface area contributed by atoms with Crippen molar-refractivity contribution in [3.05, 3.63) is 70.4 Å². The van der Waals surface area contributed by atoms with Gasteiger partial charge in [-0.05, 0) is 43.5 Å². The molecule has 3 N–H and O–H groups in total. The predicted molar refractivity (Wildman–Crippen MR) is 141 cm³/mol. The standard InChI is InChI=1S/C25H30ClFN4O2S2/c26-20-16-24(35(32,33)31-25-30-14-15-34-25)21(27)17-23(20)28-12-7-2-1-6-10-22-19(11-13-29-22)18-8-4-3-5-9-18/h3-5,8-9,14-17,19,22,28-29H,1-2,6-7,10-13H2,(H,30,31)/t19-,22-/m1/s1. The number of sulfonamides is 1. The summed E-state index contributed by atoms with van der Waals surface area (Å²) in [6.45, 7) is 1.71. The molecule has 1 saturated heterocycles. The summed E-state index contributed by atoms with van der Waals surface area (Å²) in [4.78, 5) is 3.36. The number of nitrogens with zero attached hydrogens (tertiary/aromatic N) is 1. The van der Waals surface area contributed by atoms with Gasteiger partial charge in [-0.2, -0.15) is 0 Å². The van der Waals surface area contributed by atoms with E-state index in [2.05, 4.69) is 50.7 Å². The molecule has 3 aromatic rings. The maximum absolute atomic E-state index is 14.6. The first-order valence-electron chi connectivity index (χ1n) is 11.9. The van der Waals surface area contributed by atoms with Gasteiger partial charge in [-0.25, -0.2) is 17.8 Å². The van der Waals surface area contributed by atoms with E-state index in [-0.39, 0.29) is 10.2 Å². The zero-order chi connectivity index (χ0) is 24.7. The lowest BCUT2D eigenvalue weighted by Gasteiger charge is -2.20. The number of aromatic nitrogens is 1. The third-order valence-corrected chi connectivity index (χ3v) is 8.78. The minimum atomic E-state index is -4.11. The second kappa shape index (κ2) is 12.2. The van der Waals surface area contributed by atoms with Crippen molar-refractivity contribution in [1.82, 2.24) is 10.3 Å². The predicted octanol–water partition coefficient (Wildman–Crippen LogP) is 6.24. The molecule has 0 radical (unpaired) electrons. The zero-order valence-corrected chi connectivity index (χ0v) is 21.7. The second-order valence-corrected chi connectivity index (χ2v) is 11.7. The third-order valence-electron chi connectivity index (χ3n) is 6.30. The average molecular weight is 537 g/mol. The Bertz CT molecular complexity index is 1190. The lowest BCUT2D eigenvalue weighted by molar-refractivity contribution is 0.476. The largest absolute Gasteiger partial charge is 0.384 e. The molecule has 0 aliphatic carbocycles. The fourth-order valence-corrected chi connectivity index (χ4v) is 6.72. The molecule has 1 fully saturated rings. The molecule has 0 spiro atoms. The number of hydrogen-bond acceptors (Lipinski definition) is 6. The Morgan fingerprint density at radius 1 is 1.14 bits per heavy atom. The normalized spacial score (nSPS) is 18.0. The van der Waals surface area contributed by atoms with Gasteiger partial charge in [0.25, 0.3) is 10.0 Å². The van der Waals surface area contributed by atoms with Crippen LogP contribution in [-0.2, 0) is 10.0 Å². The van der Waals surface area contributed by atoms with Crippen LogP contribution in [0.15, 0.2) is 58.9 Å². The molecule has 2 atom stereocenters. The molecule has 1 aliphatic rings. The van der Waals surface area contributed by atoms with E-state index in [1.165, 1.54) is 18.2 Å². The van der Waals surface area contributed by atoms with Gasteiger partial charge in [-0.1, -0.05) is 61.2 Å². The Kier molecular flexibility index (Phi) is 8.99. The van der Waals surface area contributed by atoms with Gasteiger partial charge in [0.1, 0.15) is 10.7 Å². The maximum atomic E-state index is 14.6. The van der Waals surface area contributed by atoms with Crippen LogP contribution in [0.3, 0.4) is 0 Å². The van der Waals surface area contributed by atoms with Gasteiger partial charge in [0.2, 0.25) is 0 Å². The number of hydrogen-bond donors (Lipinski definition) is 3. The van der Waals surface area contributed by atoms with Crippen molar-refractivity contribution in [2.45, 2.75) is 55.4 Å². The number of benzene rings is 2. The molecule has 2 aromatic carbocycles. The molecule has 188 valence electrons. The fraction of sp³-hybridized carbons (Fsp3) is 0.400. The number of nitrogens with one attached hydrogen (secondary N) is 3. The summed E-state index contributed by atoms with van der Waals surface area (Å²) in [7, 11) is -4.11. The summed E-state index contributed by atoms with van der Waals surface area (Å²) in [5.74, 6) is -0.267. The van der Waals surface area contributed by atoms with Crippen molar-refractivity contribution >= 4 is 43.8 Å². The quantitative estimate of drug-likeness (QED) is 0.238. The van der Waals surface area contributed by atoms with Crippen LogP contribution in [0.25, 0.3) is 0 Å². The van der Waals surface area contributed by atoms with Gasteiger partial charge in [-0.15, -0.1) is 11.3 Å². The highest BCUT2D eigenvalue weighted by molar-refractivity contribution is 7.93.